The minimum Gasteiger partial charge on any atom is -0.337 e. The normalized spacial score (nSPS) is 22.8. The van der Waals surface area contributed by atoms with Crippen LogP contribution in [0.3, 0.4) is 0 Å². The molecule has 2 amide bonds. The molecule has 0 aliphatic carbocycles. The Bertz CT molecular complexity index is 507. The molecule has 0 aromatic carbocycles. The van der Waals surface area contributed by atoms with Crippen LogP contribution < -0.4 is 10.2 Å². The lowest BCUT2D eigenvalue weighted by molar-refractivity contribution is 0.197. The fraction of sp³-hybridized carbons (Fsp3) is 0.643. The molecule has 0 spiro atoms. The van der Waals surface area contributed by atoms with Crippen LogP contribution in [0.25, 0.3) is 0 Å². The van der Waals surface area contributed by atoms with E-state index >= 15 is 0 Å². The van der Waals surface area contributed by atoms with Gasteiger partial charge in [-0.1, -0.05) is 20.8 Å². The highest BCUT2D eigenvalue weighted by Gasteiger charge is 2.36. The lowest BCUT2D eigenvalue weighted by Gasteiger charge is -2.36. The molecule has 0 saturated carbocycles. The Morgan fingerprint density at radius 1 is 1.25 bits per heavy atom. The first-order chi connectivity index (χ1) is 9.45. The van der Waals surface area contributed by atoms with Crippen molar-refractivity contribution in [2.45, 2.75) is 32.2 Å². The SMILES string of the molecule is CC(C)(C)c1cnc(N2CCN3C(=O)NC[C@H]3C2)nc1. The van der Waals surface area contributed by atoms with Crippen LogP contribution in [0.4, 0.5) is 10.7 Å². The molecular weight excluding hydrogens is 254 g/mol. The van der Waals surface area contributed by atoms with Crippen LogP contribution in [-0.2, 0) is 5.41 Å². The number of piperazine rings is 1. The van der Waals surface area contributed by atoms with Gasteiger partial charge in [0.05, 0.1) is 6.04 Å². The zero-order valence-electron chi connectivity index (χ0n) is 12.3. The van der Waals surface area contributed by atoms with E-state index in [1.54, 1.807) is 0 Å². The lowest BCUT2D eigenvalue weighted by atomic mass is 9.89. The van der Waals surface area contributed by atoms with E-state index in [2.05, 4.69) is 41.0 Å². The molecule has 6 nitrogen and oxygen atoms in total. The third kappa shape index (κ3) is 2.30. The molecule has 108 valence electrons. The number of urea groups is 1. The van der Waals surface area contributed by atoms with Crippen LogP contribution in [0.5, 0.6) is 0 Å². The van der Waals surface area contributed by atoms with Gasteiger partial charge in [0.2, 0.25) is 5.95 Å². The minimum absolute atomic E-state index is 0.0543. The minimum atomic E-state index is 0.0543. The van der Waals surface area contributed by atoms with Gasteiger partial charge in [0.1, 0.15) is 0 Å². The second-order valence-electron chi connectivity index (χ2n) is 6.50. The predicted molar refractivity (Wildman–Crippen MR) is 76.8 cm³/mol. The Hall–Kier alpha value is -1.85. The number of aromatic nitrogens is 2. The summed E-state index contributed by atoms with van der Waals surface area (Å²) in [5.41, 5.74) is 1.21. The molecule has 0 bridgehead atoms. The molecule has 3 heterocycles. The summed E-state index contributed by atoms with van der Waals surface area (Å²) in [7, 11) is 0. The number of rotatable bonds is 1. The van der Waals surface area contributed by atoms with Gasteiger partial charge < -0.3 is 15.1 Å². The van der Waals surface area contributed by atoms with Crippen LogP contribution in [-0.4, -0.2) is 53.1 Å². The number of hydrogen-bond donors (Lipinski definition) is 1. The first-order valence-electron chi connectivity index (χ1n) is 7.07. The zero-order chi connectivity index (χ0) is 14.3. The summed E-state index contributed by atoms with van der Waals surface area (Å²) in [6.07, 6.45) is 3.82. The van der Waals surface area contributed by atoms with E-state index in [0.29, 0.717) is 0 Å². The lowest BCUT2D eigenvalue weighted by Crippen LogP contribution is -2.52. The number of anilines is 1. The topological polar surface area (TPSA) is 61.4 Å². The van der Waals surface area contributed by atoms with E-state index < -0.39 is 0 Å². The van der Waals surface area contributed by atoms with Gasteiger partial charge >= 0.3 is 6.03 Å². The standard InChI is InChI=1S/C14H21N5O/c1-14(2,3)10-6-15-12(16-7-10)18-4-5-19-11(9-18)8-17-13(19)20/h6-7,11H,4-5,8-9H2,1-3H3,(H,17,20)/t11-/m0/s1. The van der Waals surface area contributed by atoms with Gasteiger partial charge in [0.25, 0.3) is 0 Å². The van der Waals surface area contributed by atoms with E-state index in [1.165, 1.54) is 0 Å². The van der Waals surface area contributed by atoms with E-state index in [1.807, 2.05) is 17.3 Å². The molecule has 2 aliphatic heterocycles. The van der Waals surface area contributed by atoms with Crippen LogP contribution >= 0.6 is 0 Å². The summed E-state index contributed by atoms with van der Waals surface area (Å²) >= 11 is 0. The molecule has 2 aliphatic rings. The number of fused-ring (bicyclic) bond motifs is 1. The van der Waals surface area contributed by atoms with Crippen molar-refractivity contribution < 1.29 is 4.79 Å². The molecule has 0 radical (unpaired) electrons. The maximum atomic E-state index is 11.6. The van der Waals surface area contributed by atoms with Crippen LogP contribution in [0.2, 0.25) is 0 Å². The highest BCUT2D eigenvalue weighted by atomic mass is 16.2. The third-order valence-corrected chi connectivity index (χ3v) is 4.02. The van der Waals surface area contributed by atoms with Crippen molar-refractivity contribution in [1.82, 2.24) is 20.2 Å². The highest BCUT2D eigenvalue weighted by molar-refractivity contribution is 5.77. The largest absolute Gasteiger partial charge is 0.337 e. The van der Waals surface area contributed by atoms with E-state index in [-0.39, 0.29) is 17.5 Å². The maximum absolute atomic E-state index is 11.6. The Morgan fingerprint density at radius 3 is 2.60 bits per heavy atom. The molecule has 2 saturated heterocycles. The van der Waals surface area contributed by atoms with Gasteiger partial charge in [-0.25, -0.2) is 14.8 Å². The highest BCUT2D eigenvalue weighted by Crippen LogP contribution is 2.22. The monoisotopic (exact) mass is 275 g/mol. The summed E-state index contributed by atoms with van der Waals surface area (Å²) in [4.78, 5) is 24.6. The summed E-state index contributed by atoms with van der Waals surface area (Å²) in [6.45, 7) is 9.50. The number of amides is 2. The van der Waals surface area contributed by atoms with Crippen LogP contribution in [0, 0.1) is 0 Å². The first-order valence-corrected chi connectivity index (χ1v) is 7.07. The molecule has 1 aromatic rings. The summed E-state index contributed by atoms with van der Waals surface area (Å²) < 4.78 is 0. The Balaban J connectivity index is 1.73. The van der Waals surface area contributed by atoms with Crippen molar-refractivity contribution in [3.8, 4) is 0 Å². The van der Waals surface area contributed by atoms with E-state index in [4.69, 9.17) is 0 Å². The molecule has 1 N–H and O–H groups in total. The smallest absolute Gasteiger partial charge is 0.317 e. The van der Waals surface area contributed by atoms with Gasteiger partial charge in [0.15, 0.2) is 0 Å². The molecule has 20 heavy (non-hydrogen) atoms. The number of carbonyl (C=O) groups excluding carboxylic acids is 1. The van der Waals surface area contributed by atoms with Gasteiger partial charge in [-0.2, -0.15) is 0 Å². The number of carbonyl (C=O) groups is 1. The maximum Gasteiger partial charge on any atom is 0.317 e. The van der Waals surface area contributed by atoms with Crippen molar-refractivity contribution in [3.05, 3.63) is 18.0 Å². The van der Waals surface area contributed by atoms with Crippen molar-refractivity contribution in [3.63, 3.8) is 0 Å². The number of nitrogens with zero attached hydrogens (tertiary/aromatic N) is 4. The van der Waals surface area contributed by atoms with Crippen molar-refractivity contribution in [2.24, 2.45) is 0 Å². The molecule has 6 heteroatoms. The Kier molecular flexibility index (Phi) is 3.03. The van der Waals surface area contributed by atoms with Crippen molar-refractivity contribution >= 4 is 12.0 Å². The average molecular weight is 275 g/mol. The van der Waals surface area contributed by atoms with E-state index in [0.717, 1.165) is 37.7 Å². The fourth-order valence-electron chi connectivity index (χ4n) is 2.66. The second-order valence-corrected chi connectivity index (χ2v) is 6.50. The summed E-state index contributed by atoms with van der Waals surface area (Å²) in [6, 6.07) is 0.292. The molecule has 1 aromatic heterocycles. The molecule has 2 fully saturated rings. The van der Waals surface area contributed by atoms with Crippen molar-refractivity contribution in [1.29, 1.82) is 0 Å². The van der Waals surface area contributed by atoms with Crippen molar-refractivity contribution in [2.75, 3.05) is 31.1 Å². The van der Waals surface area contributed by atoms with Gasteiger partial charge in [-0.05, 0) is 11.0 Å². The zero-order valence-corrected chi connectivity index (χ0v) is 12.3. The predicted octanol–water partition coefficient (Wildman–Crippen LogP) is 0.988. The van der Waals surface area contributed by atoms with Crippen LogP contribution in [0.15, 0.2) is 12.4 Å². The Morgan fingerprint density at radius 2 is 1.95 bits per heavy atom. The van der Waals surface area contributed by atoms with Gasteiger partial charge in [0, 0.05) is 38.6 Å². The summed E-state index contributed by atoms with van der Waals surface area (Å²) in [5.74, 6) is 0.761. The van der Waals surface area contributed by atoms with E-state index in [9.17, 15) is 4.79 Å². The number of hydrogen-bond acceptors (Lipinski definition) is 4. The second kappa shape index (κ2) is 4.61. The third-order valence-electron chi connectivity index (χ3n) is 4.02. The summed E-state index contributed by atoms with van der Waals surface area (Å²) in [5, 5.41) is 2.88. The average Bonchev–Trinajstić information content (AvgIpc) is 2.79. The molecular formula is C14H21N5O. The fourth-order valence-corrected chi connectivity index (χ4v) is 2.66. The first kappa shape index (κ1) is 13.1. The van der Waals surface area contributed by atoms with Gasteiger partial charge in [-0.15, -0.1) is 0 Å². The quantitative estimate of drug-likeness (QED) is 0.830. The Labute approximate surface area is 119 Å². The molecule has 1 atom stereocenters. The van der Waals surface area contributed by atoms with Crippen LogP contribution in [0.1, 0.15) is 26.3 Å². The molecule has 0 unspecified atom stereocenters. The number of nitrogens with one attached hydrogen (secondary N) is 1. The molecule has 3 rings (SSSR count). The van der Waals surface area contributed by atoms with Gasteiger partial charge in [-0.3, -0.25) is 0 Å².